The van der Waals surface area contributed by atoms with E-state index in [0.717, 1.165) is 10.0 Å². The molecule has 18 heavy (non-hydrogen) atoms. The number of carbonyl (C=O) groups is 1. The van der Waals surface area contributed by atoms with Crippen LogP contribution in [0.5, 0.6) is 0 Å². The van der Waals surface area contributed by atoms with Gasteiger partial charge < -0.3 is 4.90 Å². The molecule has 0 atom stereocenters. The Labute approximate surface area is 117 Å². The van der Waals surface area contributed by atoms with Crippen molar-refractivity contribution in [2.75, 3.05) is 6.54 Å². The number of rotatable bonds is 4. The molecule has 4 heteroatoms. The van der Waals surface area contributed by atoms with Crippen molar-refractivity contribution in [1.82, 2.24) is 4.90 Å². The van der Waals surface area contributed by atoms with E-state index in [1.165, 1.54) is 0 Å². The van der Waals surface area contributed by atoms with Gasteiger partial charge in [-0.15, -0.1) is 0 Å². The van der Waals surface area contributed by atoms with Gasteiger partial charge in [-0.25, -0.2) is 0 Å². The average molecular weight is 309 g/mol. The van der Waals surface area contributed by atoms with Crippen LogP contribution in [0.25, 0.3) is 0 Å². The molecule has 1 aromatic rings. The second-order valence-electron chi connectivity index (χ2n) is 4.52. The van der Waals surface area contributed by atoms with Gasteiger partial charge in [0.2, 0.25) is 0 Å². The van der Waals surface area contributed by atoms with Gasteiger partial charge in [-0.3, -0.25) is 4.79 Å². The molecule has 0 radical (unpaired) electrons. The van der Waals surface area contributed by atoms with Crippen LogP contribution < -0.4 is 0 Å². The summed E-state index contributed by atoms with van der Waals surface area (Å²) in [5, 5.41) is 8.64. The van der Waals surface area contributed by atoms with Gasteiger partial charge in [0.25, 0.3) is 5.91 Å². The van der Waals surface area contributed by atoms with Gasteiger partial charge in [0.1, 0.15) is 0 Å². The fourth-order valence-electron chi connectivity index (χ4n) is 1.79. The minimum atomic E-state index is -0.0235. The summed E-state index contributed by atoms with van der Waals surface area (Å²) in [6, 6.07) is 7.82. The Hall–Kier alpha value is -1.34. The molecular formula is C14H17BrN2O. The van der Waals surface area contributed by atoms with Crippen LogP contribution in [-0.4, -0.2) is 23.4 Å². The molecule has 0 aromatic heterocycles. The summed E-state index contributed by atoms with van der Waals surface area (Å²) in [6.45, 7) is 6.34. The third-order valence-corrected chi connectivity index (χ3v) is 3.10. The van der Waals surface area contributed by atoms with Crippen molar-refractivity contribution in [1.29, 1.82) is 5.26 Å². The number of halogens is 1. The van der Waals surface area contributed by atoms with Crippen LogP contribution in [0.3, 0.4) is 0 Å². The summed E-state index contributed by atoms with van der Waals surface area (Å²) in [4.78, 5) is 14.1. The van der Waals surface area contributed by atoms with Crippen LogP contribution in [0.15, 0.2) is 22.7 Å². The number of nitriles is 1. The lowest BCUT2D eigenvalue weighted by atomic mass is 10.1. The maximum Gasteiger partial charge on any atom is 0.254 e. The van der Waals surface area contributed by atoms with Crippen LogP contribution in [0.1, 0.15) is 36.2 Å². The Morgan fingerprint density at radius 3 is 2.61 bits per heavy atom. The molecule has 0 heterocycles. The average Bonchev–Trinajstić information content (AvgIpc) is 2.27. The monoisotopic (exact) mass is 308 g/mol. The van der Waals surface area contributed by atoms with Crippen molar-refractivity contribution in [2.24, 2.45) is 0 Å². The lowest BCUT2D eigenvalue weighted by Gasteiger charge is -2.26. The van der Waals surface area contributed by atoms with Crippen molar-refractivity contribution in [3.05, 3.63) is 33.8 Å². The summed E-state index contributed by atoms with van der Waals surface area (Å²) >= 11 is 3.40. The molecule has 0 N–H and O–H groups in total. The summed E-state index contributed by atoms with van der Waals surface area (Å²) in [6.07, 6.45) is 0.358. The first kappa shape index (κ1) is 14.7. The van der Waals surface area contributed by atoms with E-state index in [0.29, 0.717) is 18.5 Å². The number of aryl methyl sites for hydroxylation is 1. The predicted octanol–water partition coefficient (Wildman–Crippen LogP) is 3.52. The van der Waals surface area contributed by atoms with Crippen LogP contribution >= 0.6 is 15.9 Å². The Morgan fingerprint density at radius 2 is 2.11 bits per heavy atom. The number of amides is 1. The summed E-state index contributed by atoms with van der Waals surface area (Å²) < 4.78 is 0.898. The van der Waals surface area contributed by atoms with E-state index in [2.05, 4.69) is 22.0 Å². The van der Waals surface area contributed by atoms with Crippen LogP contribution in [0.4, 0.5) is 0 Å². The first-order valence-corrected chi connectivity index (χ1v) is 6.70. The molecule has 0 aliphatic rings. The molecule has 3 nitrogen and oxygen atoms in total. The molecule has 0 saturated heterocycles. The highest BCUT2D eigenvalue weighted by atomic mass is 79.9. The fourth-order valence-corrected chi connectivity index (χ4v) is 2.40. The lowest BCUT2D eigenvalue weighted by molar-refractivity contribution is 0.0710. The number of hydrogen-bond donors (Lipinski definition) is 0. The number of carbonyl (C=O) groups excluding carboxylic acids is 1. The minimum absolute atomic E-state index is 0.0235. The van der Waals surface area contributed by atoms with E-state index in [9.17, 15) is 4.79 Å². The second-order valence-corrected chi connectivity index (χ2v) is 5.43. The van der Waals surface area contributed by atoms with Crippen LogP contribution in [-0.2, 0) is 0 Å². The molecule has 1 amide bonds. The third kappa shape index (κ3) is 3.85. The van der Waals surface area contributed by atoms with Gasteiger partial charge in [-0.2, -0.15) is 5.26 Å². The second kappa shape index (κ2) is 6.55. The van der Waals surface area contributed by atoms with E-state index in [4.69, 9.17) is 5.26 Å². The summed E-state index contributed by atoms with van der Waals surface area (Å²) in [5.74, 6) is -0.0235. The maximum atomic E-state index is 12.4. The van der Waals surface area contributed by atoms with Crippen LogP contribution in [0.2, 0.25) is 0 Å². The Morgan fingerprint density at radius 1 is 1.44 bits per heavy atom. The largest absolute Gasteiger partial charge is 0.335 e. The molecule has 0 spiro atoms. The highest BCUT2D eigenvalue weighted by Crippen LogP contribution is 2.18. The van der Waals surface area contributed by atoms with Crippen molar-refractivity contribution < 1.29 is 4.79 Å². The molecular weight excluding hydrogens is 292 g/mol. The van der Waals surface area contributed by atoms with Gasteiger partial charge in [-0.1, -0.05) is 15.9 Å². The number of nitrogens with zero attached hydrogens (tertiary/aromatic N) is 2. The van der Waals surface area contributed by atoms with Crippen LogP contribution in [0, 0.1) is 18.3 Å². The SMILES string of the molecule is Cc1cc(Br)cc(C(=O)N(CCC#N)C(C)C)c1. The number of benzene rings is 1. The molecule has 0 bridgehead atoms. The van der Waals surface area contributed by atoms with Gasteiger partial charge >= 0.3 is 0 Å². The van der Waals surface area contributed by atoms with Gasteiger partial charge in [0.05, 0.1) is 12.5 Å². The van der Waals surface area contributed by atoms with E-state index < -0.39 is 0 Å². The zero-order chi connectivity index (χ0) is 13.7. The van der Waals surface area contributed by atoms with E-state index in [-0.39, 0.29) is 11.9 Å². The molecule has 96 valence electrons. The van der Waals surface area contributed by atoms with Gasteiger partial charge in [0.15, 0.2) is 0 Å². The van der Waals surface area contributed by atoms with Gasteiger partial charge in [0, 0.05) is 22.6 Å². The van der Waals surface area contributed by atoms with Crippen molar-refractivity contribution >= 4 is 21.8 Å². The zero-order valence-electron chi connectivity index (χ0n) is 10.9. The molecule has 1 aromatic carbocycles. The fraction of sp³-hybridized carbons (Fsp3) is 0.429. The van der Waals surface area contributed by atoms with Crippen molar-refractivity contribution in [2.45, 2.75) is 33.2 Å². The highest BCUT2D eigenvalue weighted by Gasteiger charge is 2.18. The molecule has 0 saturated carbocycles. The normalized spacial score (nSPS) is 10.2. The third-order valence-electron chi connectivity index (χ3n) is 2.64. The lowest BCUT2D eigenvalue weighted by Crippen LogP contribution is -2.37. The smallest absolute Gasteiger partial charge is 0.254 e. The zero-order valence-corrected chi connectivity index (χ0v) is 12.5. The van der Waals surface area contributed by atoms with Crippen molar-refractivity contribution in [3.63, 3.8) is 0 Å². The number of hydrogen-bond acceptors (Lipinski definition) is 2. The predicted molar refractivity (Wildman–Crippen MR) is 75.3 cm³/mol. The Bertz CT molecular complexity index is 457. The topological polar surface area (TPSA) is 44.1 Å². The summed E-state index contributed by atoms with van der Waals surface area (Å²) in [5.41, 5.74) is 1.70. The quantitative estimate of drug-likeness (QED) is 0.854. The Balaban J connectivity index is 2.98. The highest BCUT2D eigenvalue weighted by molar-refractivity contribution is 9.10. The maximum absolute atomic E-state index is 12.4. The standard InChI is InChI=1S/C14H17BrN2O/c1-10(2)17(6-4-5-16)14(18)12-7-11(3)8-13(15)9-12/h7-10H,4,6H2,1-3H3. The molecule has 1 rings (SSSR count). The molecule has 0 aliphatic carbocycles. The minimum Gasteiger partial charge on any atom is -0.335 e. The van der Waals surface area contributed by atoms with E-state index in [1.54, 1.807) is 4.90 Å². The molecule has 0 unspecified atom stereocenters. The summed E-state index contributed by atoms with van der Waals surface area (Å²) in [7, 11) is 0. The Kier molecular flexibility index (Phi) is 5.36. The van der Waals surface area contributed by atoms with E-state index in [1.807, 2.05) is 39.0 Å². The first-order chi connectivity index (χ1) is 8.45. The van der Waals surface area contributed by atoms with Crippen molar-refractivity contribution in [3.8, 4) is 6.07 Å². The van der Waals surface area contributed by atoms with Gasteiger partial charge in [-0.05, 0) is 44.5 Å². The van der Waals surface area contributed by atoms with E-state index >= 15 is 0 Å². The molecule has 0 fully saturated rings. The molecule has 0 aliphatic heterocycles. The first-order valence-electron chi connectivity index (χ1n) is 5.91.